The van der Waals surface area contributed by atoms with Crippen LogP contribution < -0.4 is 0 Å². The van der Waals surface area contributed by atoms with Crippen LogP contribution in [0.1, 0.15) is 11.1 Å². The van der Waals surface area contributed by atoms with Crippen LogP contribution in [0.4, 0.5) is 0 Å². The van der Waals surface area contributed by atoms with Gasteiger partial charge >= 0.3 is 17.0 Å². The first-order valence-electron chi connectivity index (χ1n) is 4.08. The molecule has 2 aromatic rings. The summed E-state index contributed by atoms with van der Waals surface area (Å²) in [6.07, 6.45) is 2.18. The molecule has 0 saturated heterocycles. The predicted octanol–water partition coefficient (Wildman–Crippen LogP) is 3.66. The molecule has 1 heterocycles. The number of rotatable bonds is 1. The van der Waals surface area contributed by atoms with Crippen LogP contribution in [0.3, 0.4) is 0 Å². The van der Waals surface area contributed by atoms with Crippen LogP contribution in [-0.2, 0) is 0 Å². The quantitative estimate of drug-likeness (QED) is 0.647. The van der Waals surface area contributed by atoms with Crippen molar-refractivity contribution in [1.29, 1.82) is 0 Å². The molecule has 14 heavy (non-hydrogen) atoms. The number of aromatic nitrogens is 3. The number of nitrogens with zero attached hydrogens (tertiary/aromatic N) is 3. The minimum atomic E-state index is -0.640. The number of fused-ring (bicyclic) bond motifs is 1. The molecule has 0 unspecified atom stereocenters. The first-order valence-corrected chi connectivity index (χ1v) is 6.93. The van der Waals surface area contributed by atoms with Crippen LogP contribution in [0.2, 0.25) is 0 Å². The summed E-state index contributed by atoms with van der Waals surface area (Å²) in [5.41, 5.74) is 2.63. The van der Waals surface area contributed by atoms with E-state index in [1.807, 2.05) is 0 Å². The summed E-state index contributed by atoms with van der Waals surface area (Å²) in [6.45, 7) is 0. The van der Waals surface area contributed by atoms with Crippen molar-refractivity contribution in [3.05, 3.63) is 35.4 Å². The highest BCUT2D eigenvalue weighted by atomic mass is 31.2. The molecule has 0 bridgehead atoms. The van der Waals surface area contributed by atoms with Gasteiger partial charge in [-0.15, -0.1) is 0 Å². The average molecular weight is 236 g/mol. The number of benzene rings is 1. The molecule has 6 heteroatoms. The molecule has 3 nitrogen and oxygen atoms in total. The SMILES string of the molecule is C1=C([p+]2npnpn2)c2ccccc21. The Kier molecular flexibility index (Phi) is 2.10. The Morgan fingerprint density at radius 2 is 1.86 bits per heavy atom. The van der Waals surface area contributed by atoms with Gasteiger partial charge in [-0.05, 0) is 25.2 Å². The molecule has 1 aromatic carbocycles. The Balaban J connectivity index is 2.07. The van der Waals surface area contributed by atoms with E-state index in [4.69, 9.17) is 0 Å². The maximum Gasteiger partial charge on any atom is 0.346 e. The first kappa shape index (κ1) is 8.56. The second-order valence-electron chi connectivity index (χ2n) is 2.85. The smallest absolute Gasteiger partial charge is 0.0616 e. The van der Waals surface area contributed by atoms with E-state index in [2.05, 4.69) is 43.9 Å². The van der Waals surface area contributed by atoms with Crippen molar-refractivity contribution in [2.75, 3.05) is 0 Å². The summed E-state index contributed by atoms with van der Waals surface area (Å²) >= 11 is 0. The summed E-state index contributed by atoms with van der Waals surface area (Å²) in [5, 5.41) is 1.30. The molecule has 1 aliphatic carbocycles. The monoisotopic (exact) mass is 236 g/mol. The highest BCUT2D eigenvalue weighted by molar-refractivity contribution is 7.61. The van der Waals surface area contributed by atoms with E-state index in [1.54, 1.807) is 0 Å². The van der Waals surface area contributed by atoms with E-state index in [0.29, 0.717) is 0 Å². The highest BCUT2D eigenvalue weighted by Gasteiger charge is 2.23. The van der Waals surface area contributed by atoms with Crippen LogP contribution >= 0.6 is 24.9 Å². The van der Waals surface area contributed by atoms with Gasteiger partial charge < -0.3 is 0 Å². The Labute approximate surface area is 85.6 Å². The molecule has 0 fully saturated rings. The lowest BCUT2D eigenvalue weighted by Gasteiger charge is -2.13. The molecule has 3 rings (SSSR count). The van der Waals surface area contributed by atoms with Crippen molar-refractivity contribution in [3.8, 4) is 0 Å². The summed E-state index contributed by atoms with van der Waals surface area (Å²) in [7, 11) is 1.03. The van der Waals surface area contributed by atoms with Gasteiger partial charge in [-0.3, -0.25) is 0 Å². The Morgan fingerprint density at radius 3 is 2.64 bits per heavy atom. The lowest BCUT2D eigenvalue weighted by Crippen LogP contribution is -1.94. The second-order valence-corrected chi connectivity index (χ2v) is 6.42. The predicted molar refractivity (Wildman–Crippen MR) is 61.7 cm³/mol. The number of hydrogen-bond acceptors (Lipinski definition) is 3. The molecule has 66 valence electrons. The van der Waals surface area contributed by atoms with Crippen molar-refractivity contribution < 1.29 is 0 Å². The zero-order valence-electron chi connectivity index (χ0n) is 7.07. The molecule has 0 atom stereocenters. The van der Waals surface area contributed by atoms with Crippen LogP contribution in [0.25, 0.3) is 11.4 Å². The number of hydrogen-bond donors (Lipinski definition) is 0. The summed E-state index contributed by atoms with van der Waals surface area (Å²) < 4.78 is 12.8. The van der Waals surface area contributed by atoms with Gasteiger partial charge in [0.25, 0.3) is 0 Å². The van der Waals surface area contributed by atoms with Crippen LogP contribution in [0, 0.1) is 0 Å². The fraction of sp³-hybridized carbons (Fsp3) is 0. The van der Waals surface area contributed by atoms with Gasteiger partial charge in [-0.1, -0.05) is 24.3 Å². The second kappa shape index (κ2) is 3.44. The molecular weight excluding hydrogens is 231 g/mol. The third-order valence-electron chi connectivity index (χ3n) is 2.07. The largest absolute Gasteiger partial charge is 0.346 e. The van der Waals surface area contributed by atoms with Crippen molar-refractivity contribution in [2.24, 2.45) is 0 Å². The van der Waals surface area contributed by atoms with Gasteiger partial charge in [0.1, 0.15) is 0 Å². The minimum Gasteiger partial charge on any atom is -0.0616 e. The van der Waals surface area contributed by atoms with Gasteiger partial charge in [-0.2, -0.15) is 0 Å². The molecular formula is C8H5N3P3+. The first-order chi connectivity index (χ1) is 6.95. The van der Waals surface area contributed by atoms with Crippen molar-refractivity contribution in [2.45, 2.75) is 0 Å². The third kappa shape index (κ3) is 1.29. The lowest BCUT2D eigenvalue weighted by atomic mass is 9.98. The molecule has 0 saturated carbocycles. The van der Waals surface area contributed by atoms with E-state index >= 15 is 0 Å². The third-order valence-corrected chi connectivity index (χ3v) is 5.51. The molecule has 0 radical (unpaired) electrons. The maximum atomic E-state index is 4.38. The average Bonchev–Trinajstić information content (AvgIpc) is 2.22. The molecule has 1 aliphatic rings. The summed E-state index contributed by atoms with van der Waals surface area (Å²) in [4.78, 5) is 0. The van der Waals surface area contributed by atoms with E-state index in [9.17, 15) is 0 Å². The van der Waals surface area contributed by atoms with E-state index in [1.165, 1.54) is 16.4 Å². The Hall–Kier alpha value is -0.740. The summed E-state index contributed by atoms with van der Waals surface area (Å²) in [5.74, 6) is 0. The van der Waals surface area contributed by atoms with Crippen molar-refractivity contribution in [3.63, 3.8) is 0 Å². The molecule has 0 N–H and O–H groups in total. The zero-order valence-corrected chi connectivity index (χ0v) is 9.75. The van der Waals surface area contributed by atoms with Gasteiger partial charge in [0.05, 0.1) is 5.31 Å². The lowest BCUT2D eigenvalue weighted by molar-refractivity contribution is 1.55. The molecule has 0 spiro atoms. The van der Waals surface area contributed by atoms with Crippen LogP contribution in [-0.4, -0.2) is 13.5 Å². The van der Waals surface area contributed by atoms with Gasteiger partial charge in [0.15, 0.2) is 0 Å². The molecule has 1 aromatic heterocycles. The normalized spacial score (nSPS) is 15.1. The van der Waals surface area contributed by atoms with Gasteiger partial charge in [0.2, 0.25) is 7.85 Å². The van der Waals surface area contributed by atoms with Crippen molar-refractivity contribution >= 4 is 36.3 Å². The van der Waals surface area contributed by atoms with Crippen LogP contribution in [0.5, 0.6) is 0 Å². The maximum absolute atomic E-state index is 4.38. The topological polar surface area (TPSA) is 38.7 Å². The van der Waals surface area contributed by atoms with Crippen LogP contribution in [0.15, 0.2) is 24.3 Å². The zero-order chi connectivity index (χ0) is 9.38. The fourth-order valence-electron chi connectivity index (χ4n) is 1.41. The minimum absolute atomic E-state index is 0.640. The van der Waals surface area contributed by atoms with Gasteiger partial charge in [-0.25, -0.2) is 0 Å². The highest BCUT2D eigenvalue weighted by Crippen LogP contribution is 2.47. The summed E-state index contributed by atoms with van der Waals surface area (Å²) in [6, 6.07) is 8.38. The Bertz CT molecular complexity index is 512. The van der Waals surface area contributed by atoms with Crippen molar-refractivity contribution in [1.82, 2.24) is 13.5 Å². The van der Waals surface area contributed by atoms with Gasteiger partial charge in [0, 0.05) is 5.56 Å². The fourth-order valence-corrected chi connectivity index (χ4v) is 5.00. The Morgan fingerprint density at radius 1 is 1.07 bits per heavy atom. The van der Waals surface area contributed by atoms with E-state index < -0.39 is 7.85 Å². The van der Waals surface area contributed by atoms with E-state index in [-0.39, 0.29) is 0 Å². The molecule has 0 aliphatic heterocycles. The molecule has 0 amide bonds. The standard InChI is InChI=1S/C8H5N3P3/c1-2-4-7-6(3-1)5-8(7)14-10-12-9-13-11-14/h1-5H/q+1. The van der Waals surface area contributed by atoms with E-state index in [0.717, 1.165) is 17.0 Å².